The lowest BCUT2D eigenvalue weighted by Crippen LogP contribution is -2.43. The number of piperidine rings is 1. The van der Waals surface area contributed by atoms with E-state index in [1.54, 1.807) is 14.2 Å². The quantitative estimate of drug-likeness (QED) is 0.906. The molecule has 1 aliphatic heterocycles. The van der Waals surface area contributed by atoms with Crippen molar-refractivity contribution < 1.29 is 9.47 Å². The van der Waals surface area contributed by atoms with Crippen LogP contribution < -0.4 is 15.2 Å². The first kappa shape index (κ1) is 16.1. The SMILES string of the molecule is COc1ccc(C(C)N2CCCC(C(C)N)C2)cc1OC. The van der Waals surface area contributed by atoms with Gasteiger partial charge >= 0.3 is 0 Å². The summed E-state index contributed by atoms with van der Waals surface area (Å²) in [6.45, 7) is 6.59. The number of ether oxygens (including phenoxy) is 2. The molecule has 118 valence electrons. The van der Waals surface area contributed by atoms with Crippen molar-refractivity contribution in [3.05, 3.63) is 23.8 Å². The number of likely N-dealkylation sites (tertiary alicyclic amines) is 1. The van der Waals surface area contributed by atoms with Gasteiger partial charge in [0.05, 0.1) is 14.2 Å². The zero-order valence-corrected chi connectivity index (χ0v) is 13.6. The van der Waals surface area contributed by atoms with Crippen molar-refractivity contribution in [2.75, 3.05) is 27.3 Å². The minimum atomic E-state index is 0.269. The van der Waals surface area contributed by atoms with Crippen molar-refractivity contribution in [3.63, 3.8) is 0 Å². The number of benzene rings is 1. The van der Waals surface area contributed by atoms with Gasteiger partial charge in [-0.25, -0.2) is 0 Å². The van der Waals surface area contributed by atoms with Gasteiger partial charge in [-0.15, -0.1) is 0 Å². The van der Waals surface area contributed by atoms with E-state index >= 15 is 0 Å². The summed E-state index contributed by atoms with van der Waals surface area (Å²) >= 11 is 0. The molecule has 4 heteroatoms. The second-order valence-corrected chi connectivity index (χ2v) is 6.05. The molecule has 1 heterocycles. The van der Waals surface area contributed by atoms with Crippen LogP contribution in [0, 0.1) is 5.92 Å². The third kappa shape index (κ3) is 3.69. The van der Waals surface area contributed by atoms with Crippen LogP contribution in [-0.4, -0.2) is 38.3 Å². The van der Waals surface area contributed by atoms with Crippen molar-refractivity contribution in [3.8, 4) is 11.5 Å². The molecule has 0 spiro atoms. The second kappa shape index (κ2) is 7.14. The maximum Gasteiger partial charge on any atom is 0.161 e. The van der Waals surface area contributed by atoms with Crippen molar-refractivity contribution in [2.24, 2.45) is 11.7 Å². The van der Waals surface area contributed by atoms with Gasteiger partial charge in [-0.1, -0.05) is 6.07 Å². The number of methoxy groups -OCH3 is 2. The fourth-order valence-corrected chi connectivity index (χ4v) is 3.14. The molecule has 1 aromatic carbocycles. The molecule has 2 N–H and O–H groups in total. The summed E-state index contributed by atoms with van der Waals surface area (Å²) in [4.78, 5) is 2.53. The molecule has 1 aliphatic rings. The largest absolute Gasteiger partial charge is 0.493 e. The van der Waals surface area contributed by atoms with Crippen LogP contribution in [0.3, 0.4) is 0 Å². The van der Waals surface area contributed by atoms with E-state index < -0.39 is 0 Å². The van der Waals surface area contributed by atoms with Crippen molar-refractivity contribution >= 4 is 0 Å². The Labute approximate surface area is 128 Å². The lowest BCUT2D eigenvalue weighted by atomic mass is 9.90. The van der Waals surface area contributed by atoms with Gasteiger partial charge < -0.3 is 15.2 Å². The monoisotopic (exact) mass is 292 g/mol. The maximum absolute atomic E-state index is 6.09. The van der Waals surface area contributed by atoms with E-state index in [4.69, 9.17) is 15.2 Å². The minimum Gasteiger partial charge on any atom is -0.493 e. The Bertz CT molecular complexity index is 462. The predicted octanol–water partition coefficient (Wildman–Crippen LogP) is 2.82. The Hall–Kier alpha value is -1.26. The van der Waals surface area contributed by atoms with Gasteiger partial charge in [-0.05, 0) is 56.8 Å². The first-order valence-electron chi connectivity index (χ1n) is 7.78. The fraction of sp³-hybridized carbons (Fsp3) is 0.647. The van der Waals surface area contributed by atoms with Crippen LogP contribution in [0.1, 0.15) is 38.3 Å². The Morgan fingerprint density at radius 1 is 1.19 bits per heavy atom. The first-order valence-corrected chi connectivity index (χ1v) is 7.78. The van der Waals surface area contributed by atoms with Gasteiger partial charge in [0, 0.05) is 18.6 Å². The summed E-state index contributed by atoms with van der Waals surface area (Å²) in [7, 11) is 3.35. The molecule has 4 nitrogen and oxygen atoms in total. The van der Waals surface area contributed by atoms with Crippen molar-refractivity contribution in [1.29, 1.82) is 0 Å². The number of nitrogens with two attached hydrogens (primary N) is 1. The van der Waals surface area contributed by atoms with Crippen molar-refractivity contribution in [1.82, 2.24) is 4.90 Å². The summed E-state index contributed by atoms with van der Waals surface area (Å²) in [5.74, 6) is 2.17. The summed E-state index contributed by atoms with van der Waals surface area (Å²) in [6, 6.07) is 6.83. The molecule has 2 rings (SSSR count). The van der Waals surface area contributed by atoms with Crippen LogP contribution in [0.25, 0.3) is 0 Å². The van der Waals surface area contributed by atoms with Gasteiger partial charge in [0.25, 0.3) is 0 Å². The maximum atomic E-state index is 6.09. The first-order chi connectivity index (χ1) is 10.1. The Morgan fingerprint density at radius 2 is 1.90 bits per heavy atom. The van der Waals surface area contributed by atoms with Gasteiger partial charge in [0.1, 0.15) is 0 Å². The number of nitrogens with zero attached hydrogens (tertiary/aromatic N) is 1. The molecule has 0 radical (unpaired) electrons. The molecular weight excluding hydrogens is 264 g/mol. The molecular formula is C17H28N2O2. The van der Waals surface area contributed by atoms with E-state index in [-0.39, 0.29) is 6.04 Å². The smallest absolute Gasteiger partial charge is 0.161 e. The molecule has 1 fully saturated rings. The van der Waals surface area contributed by atoms with Crippen LogP contribution in [0.4, 0.5) is 0 Å². The molecule has 0 aromatic heterocycles. The van der Waals surface area contributed by atoms with E-state index in [0.29, 0.717) is 12.0 Å². The van der Waals surface area contributed by atoms with E-state index in [1.807, 2.05) is 6.07 Å². The molecule has 0 aliphatic carbocycles. The molecule has 21 heavy (non-hydrogen) atoms. The minimum absolute atomic E-state index is 0.269. The third-order valence-corrected chi connectivity index (χ3v) is 4.67. The average molecular weight is 292 g/mol. The second-order valence-electron chi connectivity index (χ2n) is 6.05. The summed E-state index contributed by atoms with van der Waals surface area (Å²) in [5.41, 5.74) is 7.35. The van der Waals surface area contributed by atoms with E-state index in [2.05, 4.69) is 30.9 Å². The standard InChI is InChI=1S/C17H28N2O2/c1-12(18)15-6-5-9-19(11-15)13(2)14-7-8-16(20-3)17(10-14)21-4/h7-8,10,12-13,15H,5-6,9,11,18H2,1-4H3. The molecule has 1 aromatic rings. The highest BCUT2D eigenvalue weighted by Gasteiger charge is 2.26. The Kier molecular flexibility index (Phi) is 5.48. The highest BCUT2D eigenvalue weighted by molar-refractivity contribution is 5.43. The molecule has 1 saturated heterocycles. The van der Waals surface area contributed by atoms with E-state index in [0.717, 1.165) is 24.6 Å². The van der Waals surface area contributed by atoms with E-state index in [9.17, 15) is 0 Å². The average Bonchev–Trinajstić information content (AvgIpc) is 2.53. The molecule has 3 atom stereocenters. The van der Waals surface area contributed by atoms with Crippen LogP contribution in [0.2, 0.25) is 0 Å². The van der Waals surface area contributed by atoms with Crippen LogP contribution >= 0.6 is 0 Å². The summed E-state index contributed by atoms with van der Waals surface area (Å²) in [5, 5.41) is 0. The van der Waals surface area contributed by atoms with E-state index in [1.165, 1.54) is 18.4 Å². The molecule has 0 amide bonds. The zero-order valence-electron chi connectivity index (χ0n) is 13.6. The molecule has 3 unspecified atom stereocenters. The molecule has 0 bridgehead atoms. The lowest BCUT2D eigenvalue weighted by molar-refractivity contribution is 0.121. The zero-order chi connectivity index (χ0) is 15.4. The predicted molar refractivity (Wildman–Crippen MR) is 85.9 cm³/mol. The van der Waals surface area contributed by atoms with Gasteiger partial charge in [-0.3, -0.25) is 4.90 Å². The number of hydrogen-bond donors (Lipinski definition) is 1. The summed E-state index contributed by atoms with van der Waals surface area (Å²) < 4.78 is 10.7. The number of hydrogen-bond acceptors (Lipinski definition) is 4. The van der Waals surface area contributed by atoms with Crippen molar-refractivity contribution in [2.45, 2.75) is 38.8 Å². The highest BCUT2D eigenvalue weighted by Crippen LogP contribution is 2.33. The highest BCUT2D eigenvalue weighted by atomic mass is 16.5. The molecule has 0 saturated carbocycles. The Balaban J connectivity index is 2.13. The summed E-state index contributed by atoms with van der Waals surface area (Å²) in [6.07, 6.45) is 2.47. The number of rotatable bonds is 5. The van der Waals surface area contributed by atoms with Crippen LogP contribution in [0.5, 0.6) is 11.5 Å². The lowest BCUT2D eigenvalue weighted by Gasteiger charge is -2.38. The fourth-order valence-electron chi connectivity index (χ4n) is 3.14. The normalized spacial score (nSPS) is 22.6. The Morgan fingerprint density at radius 3 is 2.52 bits per heavy atom. The third-order valence-electron chi connectivity index (χ3n) is 4.67. The van der Waals surface area contributed by atoms with Crippen LogP contribution in [0.15, 0.2) is 18.2 Å². The van der Waals surface area contributed by atoms with Gasteiger partial charge in [0.2, 0.25) is 0 Å². The van der Waals surface area contributed by atoms with Gasteiger partial charge in [0.15, 0.2) is 11.5 Å². The van der Waals surface area contributed by atoms with Crippen LogP contribution in [-0.2, 0) is 0 Å². The topological polar surface area (TPSA) is 47.7 Å². The van der Waals surface area contributed by atoms with Gasteiger partial charge in [-0.2, -0.15) is 0 Å².